The van der Waals surface area contributed by atoms with Gasteiger partial charge in [-0.15, -0.1) is 11.3 Å². The number of carbonyl (C=O) groups is 1. The van der Waals surface area contributed by atoms with Crippen molar-refractivity contribution in [3.05, 3.63) is 59.6 Å². The van der Waals surface area contributed by atoms with Gasteiger partial charge in [-0.1, -0.05) is 0 Å². The molecule has 4 rings (SSSR count). The molecule has 0 radical (unpaired) electrons. The van der Waals surface area contributed by atoms with Crippen molar-refractivity contribution in [1.29, 1.82) is 0 Å². The molecule has 0 atom stereocenters. The zero-order valence-electron chi connectivity index (χ0n) is 15.5. The van der Waals surface area contributed by atoms with E-state index in [1.54, 1.807) is 26.5 Å². The molecular weight excluding hydrogens is 378 g/mol. The third kappa shape index (κ3) is 3.59. The molecule has 0 fully saturated rings. The van der Waals surface area contributed by atoms with Crippen LogP contribution in [0.3, 0.4) is 0 Å². The average molecular weight is 397 g/mol. The number of aromatic nitrogens is 2. The SMILES string of the molecule is COc1ccc(-c2cn3c(CC(=O)NCc4ccco4)csc3n2)cc1OC. The van der Waals surface area contributed by atoms with Crippen LogP contribution >= 0.6 is 11.3 Å². The van der Waals surface area contributed by atoms with Crippen LogP contribution in [0.25, 0.3) is 16.2 Å². The van der Waals surface area contributed by atoms with Gasteiger partial charge in [0.1, 0.15) is 5.76 Å². The van der Waals surface area contributed by atoms with Crippen molar-refractivity contribution in [2.24, 2.45) is 0 Å². The summed E-state index contributed by atoms with van der Waals surface area (Å²) in [4.78, 5) is 17.8. The van der Waals surface area contributed by atoms with E-state index in [1.807, 2.05) is 40.2 Å². The second-order valence-electron chi connectivity index (χ2n) is 6.11. The summed E-state index contributed by atoms with van der Waals surface area (Å²) in [6.07, 6.45) is 3.79. The lowest BCUT2D eigenvalue weighted by Gasteiger charge is -2.08. The van der Waals surface area contributed by atoms with Crippen LogP contribution < -0.4 is 14.8 Å². The smallest absolute Gasteiger partial charge is 0.226 e. The zero-order chi connectivity index (χ0) is 19.5. The zero-order valence-corrected chi connectivity index (χ0v) is 16.3. The highest BCUT2D eigenvalue weighted by Crippen LogP contribution is 2.32. The van der Waals surface area contributed by atoms with Gasteiger partial charge in [0.05, 0.1) is 39.1 Å². The Labute approximate surface area is 165 Å². The average Bonchev–Trinajstić information content (AvgIpc) is 3.44. The largest absolute Gasteiger partial charge is 0.493 e. The number of imidazole rings is 1. The van der Waals surface area contributed by atoms with E-state index >= 15 is 0 Å². The monoisotopic (exact) mass is 397 g/mol. The van der Waals surface area contributed by atoms with E-state index in [0.717, 1.165) is 27.7 Å². The van der Waals surface area contributed by atoms with Gasteiger partial charge in [0.25, 0.3) is 0 Å². The molecule has 1 N–H and O–H groups in total. The molecule has 3 aromatic heterocycles. The Morgan fingerprint density at radius 2 is 2.11 bits per heavy atom. The number of hydrogen-bond acceptors (Lipinski definition) is 6. The summed E-state index contributed by atoms with van der Waals surface area (Å²) in [6, 6.07) is 9.30. The Bertz CT molecular complexity index is 1100. The quantitative estimate of drug-likeness (QED) is 0.516. The Balaban J connectivity index is 1.53. The molecule has 0 saturated carbocycles. The van der Waals surface area contributed by atoms with E-state index < -0.39 is 0 Å². The van der Waals surface area contributed by atoms with Gasteiger partial charge >= 0.3 is 0 Å². The van der Waals surface area contributed by atoms with Crippen LogP contribution in [0.2, 0.25) is 0 Å². The first kappa shape index (κ1) is 18.1. The first-order valence-electron chi connectivity index (χ1n) is 8.65. The van der Waals surface area contributed by atoms with Crippen LogP contribution in [-0.2, 0) is 17.8 Å². The number of amides is 1. The van der Waals surface area contributed by atoms with Gasteiger partial charge in [-0.3, -0.25) is 9.20 Å². The number of nitrogens with zero attached hydrogens (tertiary/aromatic N) is 2. The van der Waals surface area contributed by atoms with Crippen molar-refractivity contribution in [2.75, 3.05) is 14.2 Å². The van der Waals surface area contributed by atoms with Gasteiger partial charge < -0.3 is 19.2 Å². The first-order valence-corrected chi connectivity index (χ1v) is 9.53. The summed E-state index contributed by atoms with van der Waals surface area (Å²) < 4.78 is 17.8. The van der Waals surface area contributed by atoms with Crippen molar-refractivity contribution in [3.63, 3.8) is 0 Å². The molecule has 4 aromatic rings. The van der Waals surface area contributed by atoms with Crippen molar-refractivity contribution in [3.8, 4) is 22.8 Å². The van der Waals surface area contributed by atoms with E-state index in [9.17, 15) is 4.79 Å². The second-order valence-corrected chi connectivity index (χ2v) is 6.94. The molecule has 0 bridgehead atoms. The number of thiazole rings is 1. The number of carbonyl (C=O) groups excluding carboxylic acids is 1. The fourth-order valence-electron chi connectivity index (χ4n) is 2.92. The van der Waals surface area contributed by atoms with Crippen molar-refractivity contribution in [1.82, 2.24) is 14.7 Å². The molecule has 0 aliphatic heterocycles. The Morgan fingerprint density at radius 3 is 2.86 bits per heavy atom. The standard InChI is InChI=1S/C20H19N3O4S/c1-25-17-6-5-13(8-18(17)26-2)16-11-23-14(12-28-20(23)22-16)9-19(24)21-10-15-4-3-7-27-15/h3-8,11-12H,9-10H2,1-2H3,(H,21,24). The molecule has 0 spiro atoms. The van der Waals surface area contributed by atoms with Gasteiger partial charge in [0.2, 0.25) is 5.91 Å². The highest BCUT2D eigenvalue weighted by Gasteiger charge is 2.14. The fourth-order valence-corrected chi connectivity index (χ4v) is 3.79. The van der Waals surface area contributed by atoms with Crippen LogP contribution in [0.5, 0.6) is 11.5 Å². The van der Waals surface area contributed by atoms with Crippen LogP contribution in [-0.4, -0.2) is 29.5 Å². The number of nitrogens with one attached hydrogen (secondary N) is 1. The highest BCUT2D eigenvalue weighted by atomic mass is 32.1. The molecule has 8 heteroatoms. The summed E-state index contributed by atoms with van der Waals surface area (Å²) in [5.74, 6) is 1.97. The first-order chi connectivity index (χ1) is 13.7. The minimum Gasteiger partial charge on any atom is -0.493 e. The molecule has 0 aliphatic carbocycles. The lowest BCUT2D eigenvalue weighted by molar-refractivity contribution is -0.120. The summed E-state index contributed by atoms with van der Waals surface area (Å²) in [6.45, 7) is 0.375. The lowest BCUT2D eigenvalue weighted by atomic mass is 10.1. The molecule has 1 amide bonds. The van der Waals surface area contributed by atoms with Crippen molar-refractivity contribution < 1.29 is 18.7 Å². The number of furan rings is 1. The summed E-state index contributed by atoms with van der Waals surface area (Å²) in [5.41, 5.74) is 2.61. The summed E-state index contributed by atoms with van der Waals surface area (Å²) in [5, 5.41) is 4.81. The number of hydrogen-bond donors (Lipinski definition) is 1. The van der Waals surface area contributed by atoms with E-state index in [4.69, 9.17) is 13.9 Å². The third-order valence-corrected chi connectivity index (χ3v) is 5.23. The van der Waals surface area contributed by atoms with Crippen molar-refractivity contribution >= 4 is 22.2 Å². The maximum Gasteiger partial charge on any atom is 0.226 e. The molecule has 0 saturated heterocycles. The number of fused-ring (bicyclic) bond motifs is 1. The van der Waals surface area contributed by atoms with Gasteiger partial charge in [0.15, 0.2) is 16.5 Å². The minimum absolute atomic E-state index is 0.0718. The van der Waals surface area contributed by atoms with Crippen LogP contribution in [0.15, 0.2) is 52.6 Å². The molecule has 0 aliphatic rings. The predicted octanol–water partition coefficient (Wildman–Crippen LogP) is 3.53. The predicted molar refractivity (Wildman–Crippen MR) is 106 cm³/mol. The van der Waals surface area contributed by atoms with Crippen LogP contribution in [0.1, 0.15) is 11.5 Å². The van der Waals surface area contributed by atoms with Gasteiger partial charge in [0, 0.05) is 22.8 Å². The molecule has 0 unspecified atom stereocenters. The number of rotatable bonds is 7. The van der Waals surface area contributed by atoms with Crippen molar-refractivity contribution in [2.45, 2.75) is 13.0 Å². The molecule has 144 valence electrons. The normalized spacial score (nSPS) is 10.9. The molecule has 1 aromatic carbocycles. The van der Waals surface area contributed by atoms with Crippen LogP contribution in [0, 0.1) is 0 Å². The minimum atomic E-state index is -0.0718. The maximum atomic E-state index is 12.3. The van der Waals surface area contributed by atoms with E-state index in [2.05, 4.69) is 10.3 Å². The topological polar surface area (TPSA) is 78.0 Å². The molecule has 3 heterocycles. The van der Waals surface area contributed by atoms with Gasteiger partial charge in [-0.2, -0.15) is 0 Å². The Hall–Kier alpha value is -3.26. The van der Waals surface area contributed by atoms with Crippen LogP contribution in [0.4, 0.5) is 0 Å². The Morgan fingerprint density at radius 1 is 1.25 bits per heavy atom. The fraction of sp³-hybridized carbons (Fsp3) is 0.200. The maximum absolute atomic E-state index is 12.3. The molecule has 7 nitrogen and oxygen atoms in total. The summed E-state index contributed by atoms with van der Waals surface area (Å²) >= 11 is 1.50. The van der Waals surface area contributed by atoms with E-state index in [0.29, 0.717) is 18.0 Å². The number of methoxy groups -OCH3 is 2. The molecule has 28 heavy (non-hydrogen) atoms. The molecular formula is C20H19N3O4S. The Kier molecular flexibility index (Phi) is 5.03. The number of ether oxygens (including phenoxy) is 2. The second kappa shape index (κ2) is 7.77. The lowest BCUT2D eigenvalue weighted by Crippen LogP contribution is -2.24. The number of benzene rings is 1. The highest BCUT2D eigenvalue weighted by molar-refractivity contribution is 7.15. The summed E-state index contributed by atoms with van der Waals surface area (Å²) in [7, 11) is 3.21. The van der Waals surface area contributed by atoms with Gasteiger partial charge in [-0.25, -0.2) is 4.98 Å². The van der Waals surface area contributed by atoms with E-state index in [-0.39, 0.29) is 12.3 Å². The van der Waals surface area contributed by atoms with Gasteiger partial charge in [-0.05, 0) is 30.3 Å². The third-order valence-electron chi connectivity index (χ3n) is 4.34. The van der Waals surface area contributed by atoms with E-state index in [1.165, 1.54) is 11.3 Å².